The Hall–Kier alpha value is -1.63. The first kappa shape index (κ1) is 17.7. The van der Waals surface area contributed by atoms with Gasteiger partial charge in [0.2, 0.25) is 5.91 Å². The standard InChI is InChI=1S/C16H15BrClN3OS/c1-10-6-7-11(8-13(10)18)20-16(23)19-9-15(22)21-14-5-3-2-4-12(14)17/h2-8H,9H2,1H3,(H,21,22)(H2,19,20,23). The highest BCUT2D eigenvalue weighted by Crippen LogP contribution is 2.21. The molecule has 4 nitrogen and oxygen atoms in total. The summed E-state index contributed by atoms with van der Waals surface area (Å²) in [6.07, 6.45) is 0. The molecule has 23 heavy (non-hydrogen) atoms. The van der Waals surface area contributed by atoms with Crippen molar-refractivity contribution in [2.45, 2.75) is 6.92 Å². The Morgan fingerprint density at radius 3 is 2.65 bits per heavy atom. The highest BCUT2D eigenvalue weighted by atomic mass is 79.9. The quantitative estimate of drug-likeness (QED) is 0.654. The number of hydrogen-bond acceptors (Lipinski definition) is 2. The molecule has 0 aromatic heterocycles. The lowest BCUT2D eigenvalue weighted by molar-refractivity contribution is -0.115. The molecule has 0 spiro atoms. The lowest BCUT2D eigenvalue weighted by Crippen LogP contribution is -2.35. The van der Waals surface area contributed by atoms with Gasteiger partial charge in [-0.3, -0.25) is 4.79 Å². The van der Waals surface area contributed by atoms with Crippen LogP contribution in [0.25, 0.3) is 0 Å². The molecule has 0 aliphatic heterocycles. The smallest absolute Gasteiger partial charge is 0.243 e. The summed E-state index contributed by atoms with van der Waals surface area (Å²) in [6, 6.07) is 12.9. The molecule has 7 heteroatoms. The van der Waals surface area contributed by atoms with Gasteiger partial charge in [0.1, 0.15) is 0 Å². The summed E-state index contributed by atoms with van der Waals surface area (Å²) in [5.41, 5.74) is 2.47. The number of carbonyl (C=O) groups is 1. The van der Waals surface area contributed by atoms with Gasteiger partial charge in [-0.25, -0.2) is 0 Å². The third-order valence-electron chi connectivity index (χ3n) is 2.99. The fourth-order valence-electron chi connectivity index (χ4n) is 1.76. The third kappa shape index (κ3) is 5.49. The van der Waals surface area contributed by atoms with E-state index in [4.69, 9.17) is 23.8 Å². The number of para-hydroxylation sites is 1. The first-order chi connectivity index (χ1) is 11.0. The first-order valence-corrected chi connectivity index (χ1v) is 8.39. The lowest BCUT2D eigenvalue weighted by atomic mass is 10.2. The fourth-order valence-corrected chi connectivity index (χ4v) is 2.52. The molecule has 2 rings (SSSR count). The Morgan fingerprint density at radius 1 is 1.22 bits per heavy atom. The summed E-state index contributed by atoms with van der Waals surface area (Å²) < 4.78 is 0.823. The van der Waals surface area contributed by atoms with Crippen molar-refractivity contribution in [3.63, 3.8) is 0 Å². The number of nitrogens with one attached hydrogen (secondary N) is 3. The summed E-state index contributed by atoms with van der Waals surface area (Å²) in [5, 5.41) is 9.64. The molecule has 0 radical (unpaired) electrons. The maximum atomic E-state index is 11.9. The Morgan fingerprint density at radius 2 is 1.96 bits per heavy atom. The number of halogens is 2. The molecule has 0 fully saturated rings. The molecule has 0 aliphatic rings. The molecule has 0 aliphatic carbocycles. The van der Waals surface area contributed by atoms with E-state index < -0.39 is 0 Å². The van der Waals surface area contributed by atoms with Crippen molar-refractivity contribution in [3.05, 3.63) is 57.5 Å². The molecule has 0 bridgehead atoms. The van der Waals surface area contributed by atoms with Crippen molar-refractivity contribution in [2.75, 3.05) is 17.2 Å². The van der Waals surface area contributed by atoms with Crippen LogP contribution in [0.4, 0.5) is 11.4 Å². The number of amides is 1. The number of anilines is 2. The summed E-state index contributed by atoms with van der Waals surface area (Å²) in [7, 11) is 0. The summed E-state index contributed by atoms with van der Waals surface area (Å²) in [5.74, 6) is -0.192. The third-order valence-corrected chi connectivity index (χ3v) is 4.33. The minimum Gasteiger partial charge on any atom is -0.353 e. The van der Waals surface area contributed by atoms with Crippen molar-refractivity contribution >= 4 is 62.1 Å². The molecule has 0 saturated carbocycles. The Kier molecular flexibility index (Phi) is 6.38. The van der Waals surface area contributed by atoms with Crippen LogP contribution < -0.4 is 16.0 Å². The van der Waals surface area contributed by atoms with Crippen molar-refractivity contribution in [2.24, 2.45) is 0 Å². The van der Waals surface area contributed by atoms with Crippen LogP contribution in [0, 0.1) is 6.92 Å². The number of hydrogen-bond donors (Lipinski definition) is 3. The maximum absolute atomic E-state index is 11.9. The van der Waals surface area contributed by atoms with Crippen LogP contribution in [0.1, 0.15) is 5.56 Å². The summed E-state index contributed by atoms with van der Waals surface area (Å²) >= 11 is 14.6. The molecular weight excluding hydrogens is 398 g/mol. The zero-order valence-electron chi connectivity index (χ0n) is 12.3. The van der Waals surface area contributed by atoms with E-state index in [1.54, 1.807) is 6.07 Å². The van der Waals surface area contributed by atoms with Gasteiger partial charge in [0.25, 0.3) is 0 Å². The van der Waals surface area contributed by atoms with Gasteiger partial charge >= 0.3 is 0 Å². The number of thiocarbonyl (C=S) groups is 1. The zero-order valence-corrected chi connectivity index (χ0v) is 15.5. The van der Waals surface area contributed by atoms with Crippen LogP contribution >= 0.6 is 39.7 Å². The molecule has 3 N–H and O–H groups in total. The van der Waals surface area contributed by atoms with Crippen LogP contribution in [0.3, 0.4) is 0 Å². The van der Waals surface area contributed by atoms with Gasteiger partial charge in [-0.15, -0.1) is 0 Å². The molecule has 120 valence electrons. The first-order valence-electron chi connectivity index (χ1n) is 6.81. The minimum atomic E-state index is -0.192. The second-order valence-corrected chi connectivity index (χ2v) is 6.47. The molecule has 2 aromatic carbocycles. The monoisotopic (exact) mass is 411 g/mol. The van der Waals surface area contributed by atoms with Crippen molar-refractivity contribution in [1.82, 2.24) is 5.32 Å². The SMILES string of the molecule is Cc1ccc(NC(=S)NCC(=O)Nc2ccccc2Br)cc1Cl. The Labute approximate surface area is 153 Å². The van der Waals surface area contributed by atoms with Crippen molar-refractivity contribution in [3.8, 4) is 0 Å². The minimum absolute atomic E-state index is 0.0623. The second kappa shape index (κ2) is 8.29. The molecule has 0 atom stereocenters. The highest BCUT2D eigenvalue weighted by molar-refractivity contribution is 9.10. The zero-order chi connectivity index (χ0) is 16.8. The molecule has 0 saturated heterocycles. The van der Waals surface area contributed by atoms with Gasteiger partial charge in [-0.05, 0) is 64.9 Å². The maximum Gasteiger partial charge on any atom is 0.243 e. The van der Waals surface area contributed by atoms with Gasteiger partial charge in [0, 0.05) is 15.2 Å². The van der Waals surface area contributed by atoms with Gasteiger partial charge in [-0.2, -0.15) is 0 Å². The predicted molar refractivity (Wildman–Crippen MR) is 103 cm³/mol. The van der Waals surface area contributed by atoms with Crippen LogP contribution in [0.2, 0.25) is 5.02 Å². The Balaban J connectivity index is 1.83. The fraction of sp³-hybridized carbons (Fsp3) is 0.125. The number of aryl methyl sites for hydroxylation is 1. The molecule has 0 unspecified atom stereocenters. The van der Waals surface area contributed by atoms with E-state index >= 15 is 0 Å². The van der Waals surface area contributed by atoms with Crippen molar-refractivity contribution < 1.29 is 4.79 Å². The second-order valence-electron chi connectivity index (χ2n) is 4.80. The van der Waals surface area contributed by atoms with Gasteiger partial charge in [-0.1, -0.05) is 29.8 Å². The molecule has 1 amide bonds. The van der Waals surface area contributed by atoms with E-state index in [2.05, 4.69) is 31.9 Å². The number of benzene rings is 2. The van der Waals surface area contributed by atoms with Crippen LogP contribution in [-0.2, 0) is 4.79 Å². The van der Waals surface area contributed by atoms with Gasteiger partial charge in [0.15, 0.2) is 5.11 Å². The molecular formula is C16H15BrClN3OS. The molecule has 0 heterocycles. The topological polar surface area (TPSA) is 53.2 Å². The average Bonchev–Trinajstić information content (AvgIpc) is 2.51. The molecule has 2 aromatic rings. The average molecular weight is 413 g/mol. The van der Waals surface area contributed by atoms with Crippen LogP contribution in [-0.4, -0.2) is 17.6 Å². The van der Waals surface area contributed by atoms with Crippen LogP contribution in [0.15, 0.2) is 46.9 Å². The normalized spacial score (nSPS) is 10.0. The van der Waals surface area contributed by atoms with E-state index in [-0.39, 0.29) is 12.5 Å². The van der Waals surface area contributed by atoms with Crippen molar-refractivity contribution in [1.29, 1.82) is 0 Å². The summed E-state index contributed by atoms with van der Waals surface area (Å²) in [4.78, 5) is 11.9. The van der Waals surface area contributed by atoms with Gasteiger partial charge < -0.3 is 16.0 Å². The van der Waals surface area contributed by atoms with Gasteiger partial charge in [0.05, 0.1) is 12.2 Å². The van der Waals surface area contributed by atoms with E-state index in [9.17, 15) is 4.79 Å². The number of rotatable bonds is 4. The van der Waals surface area contributed by atoms with E-state index in [0.29, 0.717) is 15.8 Å². The largest absolute Gasteiger partial charge is 0.353 e. The predicted octanol–water partition coefficient (Wildman–Crippen LogP) is 4.34. The van der Waals surface area contributed by atoms with E-state index in [0.717, 1.165) is 15.7 Å². The lowest BCUT2D eigenvalue weighted by Gasteiger charge is -2.12. The Bertz CT molecular complexity index is 739. The highest BCUT2D eigenvalue weighted by Gasteiger charge is 2.06. The van der Waals surface area contributed by atoms with Crippen LogP contribution in [0.5, 0.6) is 0 Å². The summed E-state index contributed by atoms with van der Waals surface area (Å²) in [6.45, 7) is 1.99. The number of carbonyl (C=O) groups excluding carboxylic acids is 1. The van der Waals surface area contributed by atoms with E-state index in [1.165, 1.54) is 0 Å². The van der Waals surface area contributed by atoms with E-state index in [1.807, 2.05) is 43.3 Å².